The highest BCUT2D eigenvalue weighted by atomic mass is 32.2. The lowest BCUT2D eigenvalue weighted by Crippen LogP contribution is -2.18. The van der Waals surface area contributed by atoms with Gasteiger partial charge in [-0.05, 0) is 43.7 Å². The summed E-state index contributed by atoms with van der Waals surface area (Å²) in [5, 5.41) is 12.6. The summed E-state index contributed by atoms with van der Waals surface area (Å²) >= 11 is 1.69. The van der Waals surface area contributed by atoms with Crippen LogP contribution in [0.25, 0.3) is 0 Å². The van der Waals surface area contributed by atoms with Crippen molar-refractivity contribution in [2.45, 2.75) is 43.4 Å². The molecule has 18 heavy (non-hydrogen) atoms. The molecule has 1 aromatic rings. The van der Waals surface area contributed by atoms with Crippen molar-refractivity contribution in [2.24, 2.45) is 0 Å². The molecule has 2 N–H and O–H groups in total. The monoisotopic (exact) mass is 271 g/mol. The fraction of sp³-hybridized carbons (Fsp3) is 0.571. The van der Waals surface area contributed by atoms with Crippen LogP contribution >= 0.6 is 11.8 Å². The molecule has 102 valence electrons. The van der Waals surface area contributed by atoms with Crippen LogP contribution in [-0.2, 0) is 0 Å². The second kappa shape index (κ2) is 7.77. The predicted molar refractivity (Wildman–Crippen MR) is 75.5 cm³/mol. The average molecular weight is 271 g/mol. The summed E-state index contributed by atoms with van der Waals surface area (Å²) < 4.78 is 13.4. The van der Waals surface area contributed by atoms with Gasteiger partial charge in [-0.3, -0.25) is 0 Å². The predicted octanol–water partition coefficient (Wildman–Crippen LogP) is 3.36. The highest BCUT2D eigenvalue weighted by Gasteiger charge is 2.13. The third-order valence-corrected chi connectivity index (χ3v) is 4.08. The minimum absolute atomic E-state index is 0.134. The van der Waals surface area contributed by atoms with Gasteiger partial charge in [-0.2, -0.15) is 0 Å². The molecular weight excluding hydrogens is 249 g/mol. The number of benzene rings is 1. The normalized spacial score (nSPS) is 14.5. The first kappa shape index (κ1) is 15.5. The second-order valence-electron chi connectivity index (χ2n) is 4.40. The Balaban J connectivity index is 2.88. The van der Waals surface area contributed by atoms with Gasteiger partial charge in [0.2, 0.25) is 0 Å². The van der Waals surface area contributed by atoms with Crippen LogP contribution in [0.15, 0.2) is 23.1 Å². The number of aliphatic hydroxyl groups excluding tert-OH is 1. The highest BCUT2D eigenvalue weighted by Crippen LogP contribution is 2.32. The van der Waals surface area contributed by atoms with Crippen LogP contribution in [0.5, 0.6) is 0 Å². The Labute approximate surface area is 113 Å². The van der Waals surface area contributed by atoms with Crippen molar-refractivity contribution in [1.82, 2.24) is 5.32 Å². The highest BCUT2D eigenvalue weighted by molar-refractivity contribution is 8.00. The van der Waals surface area contributed by atoms with E-state index in [0.29, 0.717) is 5.25 Å². The van der Waals surface area contributed by atoms with Crippen LogP contribution < -0.4 is 5.32 Å². The molecule has 2 atom stereocenters. The molecule has 0 saturated carbocycles. The number of hydrogen-bond donors (Lipinski definition) is 2. The quantitative estimate of drug-likeness (QED) is 0.746. The number of rotatable bonds is 7. The number of thioether (sulfide) groups is 1. The molecule has 0 aliphatic rings. The van der Waals surface area contributed by atoms with E-state index in [-0.39, 0.29) is 18.5 Å². The van der Waals surface area contributed by atoms with Crippen molar-refractivity contribution in [3.8, 4) is 0 Å². The van der Waals surface area contributed by atoms with Crippen molar-refractivity contribution >= 4 is 11.8 Å². The van der Waals surface area contributed by atoms with Gasteiger partial charge < -0.3 is 10.4 Å². The van der Waals surface area contributed by atoms with E-state index in [0.717, 1.165) is 23.4 Å². The first-order valence-electron chi connectivity index (χ1n) is 6.38. The van der Waals surface area contributed by atoms with Crippen molar-refractivity contribution in [1.29, 1.82) is 0 Å². The van der Waals surface area contributed by atoms with Crippen molar-refractivity contribution in [3.63, 3.8) is 0 Å². The summed E-state index contributed by atoms with van der Waals surface area (Å²) in [6.07, 6.45) is 0.747. The van der Waals surface area contributed by atoms with E-state index in [1.165, 1.54) is 6.07 Å². The maximum atomic E-state index is 13.4. The Bertz CT molecular complexity index is 373. The first-order valence-corrected chi connectivity index (χ1v) is 7.26. The molecule has 0 heterocycles. The van der Waals surface area contributed by atoms with Crippen LogP contribution in [-0.4, -0.2) is 23.5 Å². The zero-order valence-corrected chi connectivity index (χ0v) is 12.1. The van der Waals surface area contributed by atoms with E-state index in [2.05, 4.69) is 12.2 Å². The van der Waals surface area contributed by atoms with Gasteiger partial charge in [0.15, 0.2) is 0 Å². The number of hydrogen-bond acceptors (Lipinski definition) is 3. The summed E-state index contributed by atoms with van der Waals surface area (Å²) in [6.45, 7) is 7.20. The van der Waals surface area contributed by atoms with Gasteiger partial charge in [0.25, 0.3) is 0 Å². The summed E-state index contributed by atoms with van der Waals surface area (Å²) in [5.41, 5.74) is 0.992. The first-order chi connectivity index (χ1) is 8.58. The largest absolute Gasteiger partial charge is 0.396 e. The Morgan fingerprint density at radius 1 is 1.39 bits per heavy atom. The zero-order chi connectivity index (χ0) is 13.5. The van der Waals surface area contributed by atoms with E-state index < -0.39 is 0 Å². The maximum absolute atomic E-state index is 13.4. The van der Waals surface area contributed by atoms with E-state index in [1.54, 1.807) is 17.8 Å². The molecule has 4 heteroatoms. The van der Waals surface area contributed by atoms with E-state index in [4.69, 9.17) is 5.11 Å². The molecule has 0 saturated heterocycles. The molecule has 0 spiro atoms. The molecule has 0 fully saturated rings. The van der Waals surface area contributed by atoms with Gasteiger partial charge in [0, 0.05) is 22.8 Å². The van der Waals surface area contributed by atoms with Crippen LogP contribution in [0, 0.1) is 5.82 Å². The molecule has 0 bridgehead atoms. The lowest BCUT2D eigenvalue weighted by molar-refractivity contribution is 0.289. The summed E-state index contributed by atoms with van der Waals surface area (Å²) in [5.74, 6) is -0.200. The molecule has 0 aliphatic carbocycles. The number of halogens is 1. The van der Waals surface area contributed by atoms with Gasteiger partial charge in [-0.1, -0.05) is 13.8 Å². The van der Waals surface area contributed by atoms with Crippen LogP contribution in [0.4, 0.5) is 4.39 Å². The van der Waals surface area contributed by atoms with Crippen molar-refractivity contribution in [2.75, 3.05) is 13.2 Å². The lowest BCUT2D eigenvalue weighted by atomic mass is 10.1. The van der Waals surface area contributed by atoms with Gasteiger partial charge in [0.1, 0.15) is 5.82 Å². The third kappa shape index (κ3) is 4.59. The smallest absolute Gasteiger partial charge is 0.123 e. The van der Waals surface area contributed by atoms with E-state index in [9.17, 15) is 4.39 Å². The van der Waals surface area contributed by atoms with Gasteiger partial charge >= 0.3 is 0 Å². The minimum atomic E-state index is -0.200. The standard InChI is InChI=1S/C14H22FNOS/c1-4-16-11(3)13-9-12(15)5-6-14(13)18-10(2)7-8-17/h5-6,9-11,16-17H,4,7-8H2,1-3H3. The zero-order valence-electron chi connectivity index (χ0n) is 11.2. The van der Waals surface area contributed by atoms with Crippen LogP contribution in [0.2, 0.25) is 0 Å². The Kier molecular flexibility index (Phi) is 6.68. The lowest BCUT2D eigenvalue weighted by Gasteiger charge is -2.19. The molecule has 2 unspecified atom stereocenters. The molecule has 1 rings (SSSR count). The Hall–Kier alpha value is -0.580. The third-order valence-electron chi connectivity index (χ3n) is 2.81. The van der Waals surface area contributed by atoms with Crippen molar-refractivity contribution in [3.05, 3.63) is 29.6 Å². The van der Waals surface area contributed by atoms with Gasteiger partial charge in [0.05, 0.1) is 0 Å². The van der Waals surface area contributed by atoms with Crippen LogP contribution in [0.3, 0.4) is 0 Å². The molecule has 0 amide bonds. The Morgan fingerprint density at radius 2 is 2.11 bits per heavy atom. The molecule has 0 aromatic heterocycles. The van der Waals surface area contributed by atoms with Gasteiger partial charge in [-0.25, -0.2) is 4.39 Å². The van der Waals surface area contributed by atoms with E-state index in [1.807, 2.05) is 19.9 Å². The van der Waals surface area contributed by atoms with Crippen LogP contribution in [0.1, 0.15) is 38.8 Å². The fourth-order valence-electron chi connectivity index (χ4n) is 1.84. The molecule has 0 aliphatic heterocycles. The number of nitrogens with one attached hydrogen (secondary N) is 1. The Morgan fingerprint density at radius 3 is 2.72 bits per heavy atom. The van der Waals surface area contributed by atoms with E-state index >= 15 is 0 Å². The topological polar surface area (TPSA) is 32.3 Å². The summed E-state index contributed by atoms with van der Waals surface area (Å²) in [4.78, 5) is 1.09. The second-order valence-corrected chi connectivity index (χ2v) is 5.88. The summed E-state index contributed by atoms with van der Waals surface area (Å²) in [6, 6.07) is 5.06. The SMILES string of the molecule is CCNC(C)c1cc(F)ccc1SC(C)CCO. The minimum Gasteiger partial charge on any atom is -0.396 e. The number of aliphatic hydroxyl groups is 1. The maximum Gasteiger partial charge on any atom is 0.123 e. The molecule has 2 nitrogen and oxygen atoms in total. The summed E-state index contributed by atoms with van der Waals surface area (Å²) in [7, 11) is 0. The van der Waals surface area contributed by atoms with Crippen molar-refractivity contribution < 1.29 is 9.50 Å². The average Bonchev–Trinajstić information content (AvgIpc) is 2.32. The fourth-order valence-corrected chi connectivity index (χ4v) is 3.01. The molecular formula is C14H22FNOS. The molecule has 1 aromatic carbocycles. The molecule has 0 radical (unpaired) electrons. The van der Waals surface area contributed by atoms with Gasteiger partial charge in [-0.15, -0.1) is 11.8 Å².